The standard InChI is InChI=1S/C22H20F6N4O2/c1-10(12-5-4-6-13(15(12)23)18(24)25)29-19-14-9-32(21(7-8-21)22(26,27)28)20(33)17(34-3)16(14)30-11(2)31-19/h4-6,9-10,18H,7-8H2,1-3H3,(H,29,30,31)/t10-/m1/s1. The molecule has 0 unspecified atom stereocenters. The maximum Gasteiger partial charge on any atom is 0.412 e. The van der Waals surface area contributed by atoms with Gasteiger partial charge in [0.25, 0.3) is 12.0 Å². The summed E-state index contributed by atoms with van der Waals surface area (Å²) in [6.07, 6.45) is -7.24. The first-order chi connectivity index (χ1) is 15.9. The van der Waals surface area contributed by atoms with E-state index in [1.807, 2.05) is 0 Å². The van der Waals surface area contributed by atoms with Crippen LogP contribution in [0.1, 0.15) is 49.2 Å². The molecule has 1 aliphatic rings. The number of hydrogen-bond acceptors (Lipinski definition) is 5. The molecular formula is C22H20F6N4O2. The number of benzene rings is 1. The van der Waals surface area contributed by atoms with Crippen molar-refractivity contribution in [2.75, 3.05) is 12.4 Å². The van der Waals surface area contributed by atoms with E-state index in [2.05, 4.69) is 15.3 Å². The van der Waals surface area contributed by atoms with Gasteiger partial charge in [-0.1, -0.05) is 18.2 Å². The van der Waals surface area contributed by atoms with E-state index in [1.165, 1.54) is 26.0 Å². The normalized spacial score (nSPS) is 16.1. The molecule has 2 aromatic heterocycles. The molecule has 0 radical (unpaired) electrons. The number of aryl methyl sites for hydroxylation is 1. The lowest BCUT2D eigenvalue weighted by molar-refractivity contribution is -0.180. The van der Waals surface area contributed by atoms with Crippen molar-refractivity contribution in [3.8, 4) is 5.75 Å². The second kappa shape index (κ2) is 8.17. The fourth-order valence-electron chi connectivity index (χ4n) is 4.02. The van der Waals surface area contributed by atoms with E-state index in [0.29, 0.717) is 4.57 Å². The van der Waals surface area contributed by atoms with Gasteiger partial charge in [-0.2, -0.15) is 13.2 Å². The maximum absolute atomic E-state index is 14.7. The van der Waals surface area contributed by atoms with Crippen LogP contribution in [0.2, 0.25) is 0 Å². The van der Waals surface area contributed by atoms with Gasteiger partial charge < -0.3 is 10.1 Å². The lowest BCUT2D eigenvalue weighted by Gasteiger charge is -2.24. The highest BCUT2D eigenvalue weighted by Crippen LogP contribution is 2.55. The Morgan fingerprint density at radius 1 is 1.18 bits per heavy atom. The molecule has 1 aliphatic carbocycles. The second-order valence-electron chi connectivity index (χ2n) is 8.17. The van der Waals surface area contributed by atoms with Gasteiger partial charge in [-0.25, -0.2) is 23.1 Å². The minimum Gasteiger partial charge on any atom is -0.490 e. The van der Waals surface area contributed by atoms with Crippen molar-refractivity contribution in [3.05, 3.63) is 57.5 Å². The molecule has 4 rings (SSSR count). The molecule has 0 spiro atoms. The van der Waals surface area contributed by atoms with E-state index in [1.54, 1.807) is 0 Å². The summed E-state index contributed by atoms with van der Waals surface area (Å²) in [5.41, 5.74) is -4.23. The number of hydrogen-bond donors (Lipinski definition) is 1. The number of aromatic nitrogens is 3. The fourth-order valence-corrected chi connectivity index (χ4v) is 4.02. The molecule has 2 heterocycles. The Kier molecular flexibility index (Phi) is 5.73. The summed E-state index contributed by atoms with van der Waals surface area (Å²) >= 11 is 0. The monoisotopic (exact) mass is 486 g/mol. The van der Waals surface area contributed by atoms with Crippen LogP contribution < -0.4 is 15.6 Å². The van der Waals surface area contributed by atoms with Crippen LogP contribution in [0.25, 0.3) is 10.9 Å². The van der Waals surface area contributed by atoms with E-state index < -0.39 is 41.1 Å². The number of pyridine rings is 1. The van der Waals surface area contributed by atoms with Gasteiger partial charge in [0, 0.05) is 11.8 Å². The molecule has 182 valence electrons. The maximum atomic E-state index is 14.7. The van der Waals surface area contributed by atoms with Crippen molar-refractivity contribution < 1.29 is 31.1 Å². The van der Waals surface area contributed by atoms with E-state index in [0.717, 1.165) is 19.4 Å². The smallest absolute Gasteiger partial charge is 0.412 e. The predicted molar refractivity (Wildman–Crippen MR) is 112 cm³/mol. The molecule has 1 fully saturated rings. The van der Waals surface area contributed by atoms with E-state index >= 15 is 0 Å². The molecule has 3 aromatic rings. The third-order valence-corrected chi connectivity index (χ3v) is 5.97. The summed E-state index contributed by atoms with van der Waals surface area (Å²) in [4.78, 5) is 21.3. The number of fused-ring (bicyclic) bond motifs is 1. The second-order valence-corrected chi connectivity index (χ2v) is 8.17. The molecule has 1 saturated carbocycles. The highest BCUT2D eigenvalue weighted by molar-refractivity contribution is 5.92. The Bertz CT molecular complexity index is 1320. The Hall–Kier alpha value is -3.31. The zero-order valence-electron chi connectivity index (χ0n) is 18.3. The predicted octanol–water partition coefficient (Wildman–Crippen LogP) is 5.41. The van der Waals surface area contributed by atoms with Gasteiger partial charge >= 0.3 is 6.18 Å². The molecule has 0 saturated heterocycles. The van der Waals surface area contributed by atoms with Crippen molar-refractivity contribution >= 4 is 16.7 Å². The van der Waals surface area contributed by atoms with Gasteiger partial charge in [-0.05, 0) is 26.7 Å². The minimum absolute atomic E-state index is 0.00174. The zero-order valence-corrected chi connectivity index (χ0v) is 18.3. The van der Waals surface area contributed by atoms with Crippen molar-refractivity contribution in [2.24, 2.45) is 0 Å². The minimum atomic E-state index is -4.68. The number of methoxy groups -OCH3 is 1. The van der Waals surface area contributed by atoms with Gasteiger partial charge in [0.1, 0.15) is 28.5 Å². The van der Waals surface area contributed by atoms with Crippen LogP contribution in [0.4, 0.5) is 32.2 Å². The third kappa shape index (κ3) is 3.74. The van der Waals surface area contributed by atoms with Crippen LogP contribution in [-0.4, -0.2) is 27.8 Å². The lowest BCUT2D eigenvalue weighted by atomic mass is 10.0. The molecule has 1 atom stereocenters. The lowest BCUT2D eigenvalue weighted by Crippen LogP contribution is -2.41. The molecule has 0 aliphatic heterocycles. The van der Waals surface area contributed by atoms with E-state index in [9.17, 15) is 31.1 Å². The Labute approximate surface area is 189 Å². The molecule has 1 N–H and O–H groups in total. The van der Waals surface area contributed by atoms with Crippen LogP contribution in [0.5, 0.6) is 5.75 Å². The van der Waals surface area contributed by atoms with Gasteiger partial charge in [0.15, 0.2) is 0 Å². The van der Waals surface area contributed by atoms with Crippen LogP contribution in [0, 0.1) is 12.7 Å². The molecule has 12 heteroatoms. The Morgan fingerprint density at radius 2 is 1.82 bits per heavy atom. The first-order valence-corrected chi connectivity index (χ1v) is 10.3. The molecular weight excluding hydrogens is 466 g/mol. The summed E-state index contributed by atoms with van der Waals surface area (Å²) < 4.78 is 88.0. The highest BCUT2D eigenvalue weighted by atomic mass is 19.4. The largest absolute Gasteiger partial charge is 0.490 e. The number of alkyl halides is 5. The number of nitrogens with zero attached hydrogens (tertiary/aromatic N) is 3. The van der Waals surface area contributed by atoms with Gasteiger partial charge in [-0.15, -0.1) is 0 Å². The van der Waals surface area contributed by atoms with Gasteiger partial charge in [0.2, 0.25) is 5.75 Å². The third-order valence-electron chi connectivity index (χ3n) is 5.97. The van der Waals surface area contributed by atoms with Crippen LogP contribution in [-0.2, 0) is 5.54 Å². The van der Waals surface area contributed by atoms with Crippen LogP contribution in [0.15, 0.2) is 29.2 Å². The number of rotatable bonds is 6. The summed E-state index contributed by atoms with van der Waals surface area (Å²) in [5, 5.41) is 2.91. The quantitative estimate of drug-likeness (QED) is 0.472. The molecule has 0 amide bonds. The first-order valence-electron chi connectivity index (χ1n) is 10.3. The topological polar surface area (TPSA) is 69.0 Å². The number of ether oxygens (including phenoxy) is 1. The van der Waals surface area contributed by atoms with Crippen molar-refractivity contribution in [1.29, 1.82) is 0 Å². The summed E-state index contributed by atoms with van der Waals surface area (Å²) in [7, 11) is 1.14. The molecule has 6 nitrogen and oxygen atoms in total. The van der Waals surface area contributed by atoms with E-state index in [4.69, 9.17) is 4.74 Å². The summed E-state index contributed by atoms with van der Waals surface area (Å²) in [5.74, 6) is -1.32. The van der Waals surface area contributed by atoms with Crippen LogP contribution >= 0.6 is 0 Å². The fraction of sp³-hybridized carbons (Fsp3) is 0.409. The number of halogens is 6. The zero-order chi connectivity index (χ0) is 25.0. The molecule has 1 aromatic carbocycles. The summed E-state index contributed by atoms with van der Waals surface area (Å²) in [6.45, 7) is 2.98. The van der Waals surface area contributed by atoms with Crippen molar-refractivity contribution in [1.82, 2.24) is 14.5 Å². The molecule has 34 heavy (non-hydrogen) atoms. The SMILES string of the molecule is COc1c(=O)n(C2(C(F)(F)F)CC2)cc2c(N[C@H](C)c3cccc(C(F)F)c3F)nc(C)nc12. The molecule has 0 bridgehead atoms. The van der Waals surface area contributed by atoms with Gasteiger partial charge in [-0.3, -0.25) is 9.36 Å². The van der Waals surface area contributed by atoms with E-state index in [-0.39, 0.29) is 46.7 Å². The average molecular weight is 486 g/mol. The van der Waals surface area contributed by atoms with Crippen LogP contribution in [0.3, 0.4) is 0 Å². The first kappa shape index (κ1) is 23.8. The summed E-state index contributed by atoms with van der Waals surface area (Å²) in [6, 6.07) is 2.66. The number of anilines is 1. The average Bonchev–Trinajstić information content (AvgIpc) is 3.55. The van der Waals surface area contributed by atoms with Crippen molar-refractivity contribution in [3.63, 3.8) is 0 Å². The Morgan fingerprint density at radius 3 is 2.38 bits per heavy atom. The Balaban J connectivity index is 1.88. The van der Waals surface area contributed by atoms with Gasteiger partial charge in [0.05, 0.1) is 24.1 Å². The van der Waals surface area contributed by atoms with Crippen molar-refractivity contribution in [2.45, 2.75) is 50.9 Å². The number of nitrogens with one attached hydrogen (secondary N) is 1. The highest BCUT2D eigenvalue weighted by Gasteiger charge is 2.65.